The van der Waals surface area contributed by atoms with Crippen molar-refractivity contribution in [2.75, 3.05) is 19.6 Å². The minimum Gasteiger partial charge on any atom is -0.488 e. The summed E-state index contributed by atoms with van der Waals surface area (Å²) in [6, 6.07) is 14.9. The molecule has 5 nitrogen and oxygen atoms in total. The molecule has 0 atom stereocenters. The fourth-order valence-corrected chi connectivity index (χ4v) is 3.92. The number of ether oxygens (including phenoxy) is 1. The fourth-order valence-electron chi connectivity index (χ4n) is 3.92. The van der Waals surface area contributed by atoms with Crippen molar-refractivity contribution < 1.29 is 22.7 Å². The maximum atomic E-state index is 12.7. The number of likely N-dealkylation sites (tertiary alicyclic amines) is 1. The highest BCUT2D eigenvalue weighted by Gasteiger charge is 2.31. The number of benzene rings is 2. The molecule has 1 N–H and O–H groups in total. The van der Waals surface area contributed by atoms with Gasteiger partial charge in [-0.1, -0.05) is 24.3 Å². The first-order valence-corrected chi connectivity index (χ1v) is 11.1. The monoisotopic (exact) mass is 469 g/mol. The number of amides is 1. The third kappa shape index (κ3) is 5.56. The van der Waals surface area contributed by atoms with Crippen LogP contribution >= 0.6 is 0 Å². The molecule has 0 aliphatic carbocycles. The highest BCUT2D eigenvalue weighted by atomic mass is 19.4. The van der Waals surface area contributed by atoms with Crippen molar-refractivity contribution in [1.29, 1.82) is 0 Å². The van der Waals surface area contributed by atoms with Gasteiger partial charge in [0.15, 0.2) is 0 Å². The Balaban J connectivity index is 1.29. The van der Waals surface area contributed by atoms with Gasteiger partial charge in [0.1, 0.15) is 17.5 Å². The molecule has 178 valence electrons. The molecule has 2 heterocycles. The quantitative estimate of drug-likeness (QED) is 0.524. The van der Waals surface area contributed by atoms with Gasteiger partial charge in [-0.05, 0) is 60.9 Å². The van der Waals surface area contributed by atoms with Crippen LogP contribution in [0.15, 0.2) is 60.8 Å². The summed E-state index contributed by atoms with van der Waals surface area (Å²) in [6.45, 7) is 6.31. The van der Waals surface area contributed by atoms with Crippen LogP contribution in [0.3, 0.4) is 0 Å². The van der Waals surface area contributed by atoms with Crippen LogP contribution < -0.4 is 10.1 Å². The van der Waals surface area contributed by atoms with Crippen LogP contribution in [0.5, 0.6) is 5.75 Å². The molecule has 0 bridgehead atoms. The Labute approximate surface area is 196 Å². The molecule has 3 aromatic rings. The van der Waals surface area contributed by atoms with Crippen LogP contribution in [0.1, 0.15) is 34.1 Å². The van der Waals surface area contributed by atoms with Gasteiger partial charge < -0.3 is 10.1 Å². The van der Waals surface area contributed by atoms with Crippen molar-refractivity contribution in [3.63, 3.8) is 0 Å². The highest BCUT2D eigenvalue weighted by molar-refractivity contribution is 5.94. The summed E-state index contributed by atoms with van der Waals surface area (Å²) in [5.74, 6) is 0.578. The third-order valence-corrected chi connectivity index (χ3v) is 5.73. The lowest BCUT2D eigenvalue weighted by molar-refractivity contribution is -0.137. The molecule has 0 spiro atoms. The highest BCUT2D eigenvalue weighted by Crippen LogP contribution is 2.30. The number of carbonyl (C=O) groups is 1. The van der Waals surface area contributed by atoms with Crippen molar-refractivity contribution in [2.24, 2.45) is 0 Å². The lowest BCUT2D eigenvalue weighted by Crippen LogP contribution is -2.53. The van der Waals surface area contributed by atoms with E-state index in [1.807, 2.05) is 44.2 Å². The number of nitrogens with zero attached hydrogens (tertiary/aromatic N) is 2. The first-order valence-electron chi connectivity index (χ1n) is 11.1. The molecule has 1 aliphatic rings. The largest absolute Gasteiger partial charge is 0.488 e. The van der Waals surface area contributed by atoms with E-state index in [4.69, 9.17) is 4.74 Å². The molecule has 0 radical (unpaired) electrons. The molecule has 0 saturated carbocycles. The van der Waals surface area contributed by atoms with E-state index in [1.165, 1.54) is 12.1 Å². The van der Waals surface area contributed by atoms with E-state index in [-0.39, 0.29) is 12.0 Å². The summed E-state index contributed by atoms with van der Waals surface area (Å²) < 4.78 is 44.1. The summed E-state index contributed by atoms with van der Waals surface area (Å²) >= 11 is 0. The van der Waals surface area contributed by atoms with E-state index in [1.54, 1.807) is 6.20 Å². The normalized spacial score (nSPS) is 14.5. The number of nitrogens with one attached hydrogen (secondary N) is 1. The second-order valence-electron chi connectivity index (χ2n) is 8.40. The van der Waals surface area contributed by atoms with Gasteiger partial charge in [-0.3, -0.25) is 14.7 Å². The van der Waals surface area contributed by atoms with Gasteiger partial charge in [-0.25, -0.2) is 0 Å². The van der Waals surface area contributed by atoms with Crippen molar-refractivity contribution in [1.82, 2.24) is 15.2 Å². The maximum absolute atomic E-state index is 12.7. The minimum atomic E-state index is -4.31. The van der Waals surface area contributed by atoms with Crippen molar-refractivity contribution >= 4 is 5.91 Å². The second kappa shape index (κ2) is 9.85. The molecule has 2 aromatic carbocycles. The van der Waals surface area contributed by atoms with Crippen LogP contribution in [0, 0.1) is 6.92 Å². The van der Waals surface area contributed by atoms with E-state index in [0.29, 0.717) is 31.9 Å². The molecular formula is C26H26F3N3O2. The van der Waals surface area contributed by atoms with Crippen LogP contribution in [-0.4, -0.2) is 41.5 Å². The SMILES string of the molecule is CCNC(=O)c1ncc(-c2ccc(OC3CN(Cc4ccc(C(F)(F)F)cc4)C3)cc2)cc1C. The number of halogens is 3. The van der Waals surface area contributed by atoms with E-state index in [9.17, 15) is 18.0 Å². The Morgan fingerprint density at radius 1 is 1.09 bits per heavy atom. The van der Waals surface area contributed by atoms with Gasteiger partial charge in [0, 0.05) is 37.9 Å². The molecule has 34 heavy (non-hydrogen) atoms. The Bertz CT molecular complexity index is 1140. The molecule has 1 amide bonds. The van der Waals surface area contributed by atoms with Gasteiger partial charge in [0.05, 0.1) is 5.56 Å². The first-order chi connectivity index (χ1) is 16.2. The zero-order valence-electron chi connectivity index (χ0n) is 19.0. The fraction of sp³-hybridized carbons (Fsp3) is 0.308. The summed E-state index contributed by atoms with van der Waals surface area (Å²) in [7, 11) is 0. The summed E-state index contributed by atoms with van der Waals surface area (Å²) in [5.41, 5.74) is 3.35. The number of pyridine rings is 1. The Kier molecular flexibility index (Phi) is 6.88. The van der Waals surface area contributed by atoms with Crippen molar-refractivity contribution in [3.8, 4) is 16.9 Å². The van der Waals surface area contributed by atoms with Gasteiger partial charge in [0.2, 0.25) is 0 Å². The van der Waals surface area contributed by atoms with Crippen LogP contribution in [0.25, 0.3) is 11.1 Å². The van der Waals surface area contributed by atoms with Gasteiger partial charge in [-0.15, -0.1) is 0 Å². The van der Waals surface area contributed by atoms with Crippen LogP contribution in [0.4, 0.5) is 13.2 Å². The molecule has 4 rings (SSSR count). The van der Waals surface area contributed by atoms with E-state index >= 15 is 0 Å². The average Bonchev–Trinajstić information content (AvgIpc) is 2.78. The van der Waals surface area contributed by atoms with Gasteiger partial charge >= 0.3 is 6.18 Å². The number of alkyl halides is 3. The molecule has 1 aromatic heterocycles. The lowest BCUT2D eigenvalue weighted by Gasteiger charge is -2.39. The van der Waals surface area contributed by atoms with E-state index in [2.05, 4.69) is 15.2 Å². The molecule has 8 heteroatoms. The number of aryl methyl sites for hydroxylation is 1. The molecule has 0 unspecified atom stereocenters. The van der Waals surface area contributed by atoms with Crippen molar-refractivity contribution in [2.45, 2.75) is 32.7 Å². The van der Waals surface area contributed by atoms with E-state index in [0.717, 1.165) is 40.1 Å². The number of hydrogen-bond acceptors (Lipinski definition) is 4. The molecular weight excluding hydrogens is 443 g/mol. The minimum absolute atomic E-state index is 0.0422. The van der Waals surface area contributed by atoms with Gasteiger partial charge in [-0.2, -0.15) is 13.2 Å². The standard InChI is InChI=1S/C26H26F3N3O2/c1-3-30-25(33)24-17(2)12-20(13-31-24)19-6-10-22(11-7-19)34-23-15-32(16-23)14-18-4-8-21(9-5-18)26(27,28)29/h4-13,23H,3,14-16H2,1-2H3,(H,30,33). The predicted molar refractivity (Wildman–Crippen MR) is 124 cm³/mol. The molecule has 1 aliphatic heterocycles. The first kappa shape index (κ1) is 23.8. The maximum Gasteiger partial charge on any atom is 0.416 e. The Morgan fingerprint density at radius 2 is 1.76 bits per heavy atom. The van der Waals surface area contributed by atoms with Crippen LogP contribution in [-0.2, 0) is 12.7 Å². The zero-order chi connectivity index (χ0) is 24.3. The summed E-state index contributed by atoms with van der Waals surface area (Å²) in [5, 5.41) is 2.76. The number of hydrogen-bond donors (Lipinski definition) is 1. The smallest absolute Gasteiger partial charge is 0.416 e. The molecule has 1 saturated heterocycles. The summed E-state index contributed by atoms with van der Waals surface area (Å²) in [6.07, 6.45) is -2.58. The molecule has 1 fully saturated rings. The number of carbonyl (C=O) groups excluding carboxylic acids is 1. The second-order valence-corrected chi connectivity index (χ2v) is 8.40. The van der Waals surface area contributed by atoms with Gasteiger partial charge in [0.25, 0.3) is 5.91 Å². The third-order valence-electron chi connectivity index (χ3n) is 5.73. The van der Waals surface area contributed by atoms with Crippen molar-refractivity contribution in [3.05, 3.63) is 83.2 Å². The topological polar surface area (TPSA) is 54.5 Å². The Morgan fingerprint density at radius 3 is 2.35 bits per heavy atom. The average molecular weight is 470 g/mol. The lowest BCUT2D eigenvalue weighted by atomic mass is 10.0. The number of rotatable bonds is 7. The van der Waals surface area contributed by atoms with E-state index < -0.39 is 11.7 Å². The van der Waals surface area contributed by atoms with Crippen LogP contribution in [0.2, 0.25) is 0 Å². The Hall–Kier alpha value is -3.39. The number of aromatic nitrogens is 1. The summed E-state index contributed by atoms with van der Waals surface area (Å²) in [4.78, 5) is 18.5. The predicted octanol–water partition coefficient (Wildman–Crippen LogP) is 5.09. The zero-order valence-corrected chi connectivity index (χ0v) is 19.0.